The summed E-state index contributed by atoms with van der Waals surface area (Å²) in [5.41, 5.74) is 3.26. The number of anilines is 1. The minimum atomic E-state index is -0.571. The minimum absolute atomic E-state index is 0.137. The standard InChI is InChI=1S/C24H16F2N8OS/c1-2-17(35)30-12-7-11(8-27-9-12)14-10-29-22-18(19(14)26)21(33-34-22)24-31-20-13(5-6-28-23(20)32-24)15-3-4-16(25)36-15/h3-10H,2H2,1H3,(H,30,35)(H,28,31,32)(H,29,33,34). The Kier molecular flexibility index (Phi) is 5.22. The number of rotatable bonds is 5. The van der Waals surface area contributed by atoms with Crippen LogP contribution in [-0.4, -0.2) is 41.0 Å². The summed E-state index contributed by atoms with van der Waals surface area (Å²) in [6.07, 6.45) is 6.24. The molecule has 3 N–H and O–H groups in total. The summed E-state index contributed by atoms with van der Waals surface area (Å²) in [6, 6.07) is 6.47. The van der Waals surface area contributed by atoms with Gasteiger partial charge in [-0.1, -0.05) is 6.92 Å². The molecule has 6 rings (SSSR count). The number of amides is 1. The molecule has 9 nitrogen and oxygen atoms in total. The molecule has 0 spiro atoms. The summed E-state index contributed by atoms with van der Waals surface area (Å²) < 4.78 is 29.5. The summed E-state index contributed by atoms with van der Waals surface area (Å²) in [5, 5.41) is 9.50. The van der Waals surface area contributed by atoms with Crippen LogP contribution in [0.3, 0.4) is 0 Å². The maximum Gasteiger partial charge on any atom is 0.224 e. The average molecular weight is 503 g/mol. The molecule has 0 saturated heterocycles. The lowest BCUT2D eigenvalue weighted by molar-refractivity contribution is -0.115. The number of fused-ring (bicyclic) bond motifs is 2. The van der Waals surface area contributed by atoms with Gasteiger partial charge in [0.15, 0.2) is 22.2 Å². The summed E-state index contributed by atoms with van der Waals surface area (Å²) >= 11 is 1.01. The summed E-state index contributed by atoms with van der Waals surface area (Å²) in [5.74, 6) is -0.439. The molecule has 0 saturated carbocycles. The number of thiophene rings is 1. The zero-order valence-electron chi connectivity index (χ0n) is 18.6. The van der Waals surface area contributed by atoms with E-state index in [1.807, 2.05) is 0 Å². The molecule has 6 aromatic rings. The van der Waals surface area contributed by atoms with Gasteiger partial charge >= 0.3 is 0 Å². The molecule has 0 atom stereocenters. The van der Waals surface area contributed by atoms with Gasteiger partial charge in [-0.3, -0.25) is 14.9 Å². The van der Waals surface area contributed by atoms with Crippen molar-refractivity contribution in [3.8, 4) is 33.1 Å². The van der Waals surface area contributed by atoms with Crippen molar-refractivity contribution < 1.29 is 13.6 Å². The van der Waals surface area contributed by atoms with Gasteiger partial charge in [0.2, 0.25) is 5.91 Å². The van der Waals surface area contributed by atoms with E-state index in [4.69, 9.17) is 0 Å². The topological polar surface area (TPSA) is 125 Å². The van der Waals surface area contributed by atoms with Gasteiger partial charge < -0.3 is 10.3 Å². The summed E-state index contributed by atoms with van der Waals surface area (Å²) in [6.45, 7) is 1.74. The van der Waals surface area contributed by atoms with Gasteiger partial charge in [-0.2, -0.15) is 9.49 Å². The van der Waals surface area contributed by atoms with Crippen LogP contribution < -0.4 is 5.32 Å². The number of halogens is 2. The second-order valence-electron chi connectivity index (χ2n) is 7.89. The molecular weight excluding hydrogens is 486 g/mol. The fraction of sp³-hybridized carbons (Fsp3) is 0.0833. The zero-order valence-corrected chi connectivity index (χ0v) is 19.5. The van der Waals surface area contributed by atoms with E-state index >= 15 is 4.39 Å². The Morgan fingerprint density at radius 1 is 1.08 bits per heavy atom. The van der Waals surface area contributed by atoms with Crippen LogP contribution in [0.2, 0.25) is 0 Å². The largest absolute Gasteiger partial charge is 0.335 e. The molecular formula is C24H16F2N8OS. The second-order valence-corrected chi connectivity index (χ2v) is 8.93. The number of aromatic nitrogens is 7. The molecule has 0 aromatic carbocycles. The van der Waals surface area contributed by atoms with Crippen molar-refractivity contribution in [2.24, 2.45) is 0 Å². The molecule has 0 aliphatic carbocycles. The van der Waals surface area contributed by atoms with Gasteiger partial charge in [-0.15, -0.1) is 11.3 Å². The van der Waals surface area contributed by atoms with Crippen LogP contribution >= 0.6 is 11.3 Å². The van der Waals surface area contributed by atoms with Crippen LogP contribution in [0.4, 0.5) is 14.5 Å². The van der Waals surface area contributed by atoms with E-state index in [0.29, 0.717) is 45.2 Å². The van der Waals surface area contributed by atoms with E-state index in [9.17, 15) is 9.18 Å². The number of imidazole rings is 1. The van der Waals surface area contributed by atoms with Crippen molar-refractivity contribution in [1.29, 1.82) is 0 Å². The third kappa shape index (κ3) is 3.67. The number of carbonyl (C=O) groups excluding carboxylic acids is 1. The first-order valence-corrected chi connectivity index (χ1v) is 11.7. The first kappa shape index (κ1) is 21.9. The summed E-state index contributed by atoms with van der Waals surface area (Å²) in [7, 11) is 0. The number of nitrogens with one attached hydrogen (secondary N) is 3. The molecule has 0 aliphatic rings. The Morgan fingerprint density at radius 2 is 1.97 bits per heavy atom. The maximum absolute atomic E-state index is 15.9. The normalized spacial score (nSPS) is 11.4. The van der Waals surface area contributed by atoms with Gasteiger partial charge in [-0.05, 0) is 24.3 Å². The van der Waals surface area contributed by atoms with Crippen molar-refractivity contribution >= 4 is 45.1 Å². The number of hydrogen-bond acceptors (Lipinski definition) is 7. The fourth-order valence-corrected chi connectivity index (χ4v) is 4.68. The molecule has 6 heterocycles. The van der Waals surface area contributed by atoms with Crippen LogP contribution in [0.5, 0.6) is 0 Å². The predicted molar refractivity (Wildman–Crippen MR) is 132 cm³/mol. The lowest BCUT2D eigenvalue weighted by Crippen LogP contribution is -2.09. The monoisotopic (exact) mass is 502 g/mol. The quantitative estimate of drug-likeness (QED) is 0.293. The van der Waals surface area contributed by atoms with Crippen molar-refractivity contribution in [1.82, 2.24) is 35.1 Å². The van der Waals surface area contributed by atoms with Crippen LogP contribution in [-0.2, 0) is 4.79 Å². The van der Waals surface area contributed by atoms with Crippen molar-refractivity contribution in [2.75, 3.05) is 5.32 Å². The number of nitrogens with zero attached hydrogens (tertiary/aromatic N) is 5. The number of H-pyrrole nitrogens is 2. The number of hydrogen-bond donors (Lipinski definition) is 3. The van der Waals surface area contributed by atoms with E-state index < -0.39 is 5.82 Å². The van der Waals surface area contributed by atoms with Crippen LogP contribution in [0, 0.1) is 10.9 Å². The van der Waals surface area contributed by atoms with Gasteiger partial charge in [0.05, 0.1) is 22.8 Å². The minimum Gasteiger partial charge on any atom is -0.335 e. The molecule has 0 unspecified atom stereocenters. The number of carbonyl (C=O) groups is 1. The van der Waals surface area contributed by atoms with Crippen LogP contribution in [0.25, 0.3) is 55.3 Å². The van der Waals surface area contributed by atoms with Crippen molar-refractivity contribution in [2.45, 2.75) is 13.3 Å². The highest BCUT2D eigenvalue weighted by Gasteiger charge is 2.21. The van der Waals surface area contributed by atoms with E-state index in [-0.39, 0.29) is 27.6 Å². The molecule has 0 radical (unpaired) electrons. The SMILES string of the molecule is CCC(=O)Nc1cncc(-c2cnc3n[nH]c(-c4nc5nccc(-c6ccc(F)s6)c5[nH]4)c3c2F)c1. The first-order valence-electron chi connectivity index (χ1n) is 10.9. The molecule has 0 aliphatic heterocycles. The van der Waals surface area contributed by atoms with E-state index in [1.165, 1.54) is 24.7 Å². The van der Waals surface area contributed by atoms with Gasteiger partial charge in [0.1, 0.15) is 11.5 Å². The molecule has 1 amide bonds. The average Bonchev–Trinajstić information content (AvgIpc) is 3.62. The van der Waals surface area contributed by atoms with Gasteiger partial charge in [0.25, 0.3) is 0 Å². The maximum atomic E-state index is 15.9. The molecule has 0 fully saturated rings. The van der Waals surface area contributed by atoms with Gasteiger partial charge in [0, 0.05) is 46.6 Å². The van der Waals surface area contributed by atoms with Crippen molar-refractivity contribution in [3.05, 3.63) is 60.0 Å². The number of pyridine rings is 3. The fourth-order valence-electron chi connectivity index (χ4n) is 3.92. The van der Waals surface area contributed by atoms with Crippen LogP contribution in [0.15, 0.2) is 49.1 Å². The molecule has 6 aromatic heterocycles. The molecule has 36 heavy (non-hydrogen) atoms. The Balaban J connectivity index is 1.47. The number of aromatic amines is 2. The lowest BCUT2D eigenvalue weighted by Gasteiger charge is -2.07. The Bertz CT molecular complexity index is 1770. The van der Waals surface area contributed by atoms with E-state index in [2.05, 4.69) is 40.4 Å². The Hall–Kier alpha value is -4.58. The lowest BCUT2D eigenvalue weighted by atomic mass is 10.1. The molecule has 178 valence electrons. The van der Waals surface area contributed by atoms with Gasteiger partial charge in [-0.25, -0.2) is 19.3 Å². The van der Waals surface area contributed by atoms with Crippen LogP contribution in [0.1, 0.15) is 13.3 Å². The van der Waals surface area contributed by atoms with E-state index in [0.717, 1.165) is 16.9 Å². The molecule has 0 bridgehead atoms. The third-order valence-electron chi connectivity index (χ3n) is 5.64. The smallest absolute Gasteiger partial charge is 0.224 e. The Morgan fingerprint density at radius 3 is 2.78 bits per heavy atom. The van der Waals surface area contributed by atoms with E-state index in [1.54, 1.807) is 31.3 Å². The first-order chi connectivity index (χ1) is 17.5. The highest BCUT2D eigenvalue weighted by atomic mass is 32.1. The predicted octanol–water partition coefficient (Wildman–Crippen LogP) is 5.31. The van der Waals surface area contributed by atoms with Crippen molar-refractivity contribution in [3.63, 3.8) is 0 Å². The second kappa shape index (κ2) is 8.57. The molecule has 12 heteroatoms. The highest BCUT2D eigenvalue weighted by Crippen LogP contribution is 2.35. The Labute approximate surface area is 205 Å². The third-order valence-corrected chi connectivity index (χ3v) is 6.55. The zero-order chi connectivity index (χ0) is 24.8. The highest BCUT2D eigenvalue weighted by molar-refractivity contribution is 7.14. The summed E-state index contributed by atoms with van der Waals surface area (Å²) in [4.78, 5) is 32.9.